The van der Waals surface area contributed by atoms with Gasteiger partial charge in [-0.05, 0) is 25.1 Å². The minimum Gasteiger partial charge on any atom is -0.365 e. The van der Waals surface area contributed by atoms with Gasteiger partial charge in [-0.3, -0.25) is 14.5 Å². The third kappa shape index (κ3) is 2.58. The van der Waals surface area contributed by atoms with Crippen LogP contribution in [-0.2, 0) is 9.59 Å². The summed E-state index contributed by atoms with van der Waals surface area (Å²) in [5, 5.41) is 3.70. The number of imide groups is 1. The van der Waals surface area contributed by atoms with Crippen LogP contribution in [0.15, 0.2) is 24.3 Å². The maximum atomic E-state index is 11.5. The predicted octanol–water partition coefficient (Wildman–Crippen LogP) is 2.25. The Hall–Kier alpha value is -1.55. The molecule has 1 aromatic rings. The van der Waals surface area contributed by atoms with Gasteiger partial charge in [-0.15, -0.1) is 0 Å². The summed E-state index contributed by atoms with van der Waals surface area (Å²) in [5.74, 6) is -0.256. The van der Waals surface area contributed by atoms with Crippen molar-refractivity contribution in [3.8, 4) is 0 Å². The summed E-state index contributed by atoms with van der Waals surface area (Å²) in [6.07, 6.45) is 0.261. The number of anilines is 1. The van der Waals surface area contributed by atoms with E-state index in [2.05, 4.69) is 5.32 Å². The first-order valence-corrected chi connectivity index (χ1v) is 5.83. The monoisotopic (exact) mass is 252 g/mol. The van der Waals surface area contributed by atoms with Crippen molar-refractivity contribution < 1.29 is 9.59 Å². The quantitative estimate of drug-likeness (QED) is 0.840. The van der Waals surface area contributed by atoms with Gasteiger partial charge in [-0.25, -0.2) is 0 Å². The molecule has 0 aromatic heterocycles. The van der Waals surface area contributed by atoms with Crippen molar-refractivity contribution in [1.82, 2.24) is 4.90 Å². The number of nitrogens with zero attached hydrogens (tertiary/aromatic N) is 1. The summed E-state index contributed by atoms with van der Waals surface area (Å²) in [7, 11) is 0. The first kappa shape index (κ1) is 11.9. The van der Waals surface area contributed by atoms with E-state index >= 15 is 0 Å². The number of nitrogens with one attached hydrogen (secondary N) is 1. The lowest BCUT2D eigenvalue weighted by Gasteiger charge is -2.24. The second kappa shape index (κ2) is 4.75. The van der Waals surface area contributed by atoms with E-state index in [9.17, 15) is 9.59 Å². The molecular formula is C12H13ClN2O2. The molecule has 1 aromatic carbocycles. The normalized spacial score (nSPS) is 17.4. The molecule has 0 spiro atoms. The lowest BCUT2D eigenvalue weighted by atomic mass is 10.3. The molecule has 1 heterocycles. The second-order valence-corrected chi connectivity index (χ2v) is 4.42. The predicted molar refractivity (Wildman–Crippen MR) is 65.6 cm³/mol. The largest absolute Gasteiger partial charge is 0.365 e. The molecule has 0 bridgehead atoms. The number of rotatable bonds is 3. The molecule has 1 atom stereocenters. The summed E-state index contributed by atoms with van der Waals surface area (Å²) in [4.78, 5) is 24.3. The van der Waals surface area contributed by atoms with E-state index in [4.69, 9.17) is 11.6 Å². The first-order valence-electron chi connectivity index (χ1n) is 5.45. The Labute approximate surface area is 105 Å². The van der Waals surface area contributed by atoms with Crippen molar-refractivity contribution >= 4 is 29.1 Å². The Kier molecular flexibility index (Phi) is 3.33. The third-order valence-corrected chi connectivity index (χ3v) is 2.91. The molecule has 1 aliphatic heterocycles. The zero-order valence-electron chi connectivity index (χ0n) is 9.44. The fourth-order valence-electron chi connectivity index (χ4n) is 1.91. The van der Waals surface area contributed by atoms with Gasteiger partial charge in [0.25, 0.3) is 0 Å². The van der Waals surface area contributed by atoms with E-state index in [1.54, 1.807) is 19.1 Å². The van der Waals surface area contributed by atoms with Crippen molar-refractivity contribution in [3.63, 3.8) is 0 Å². The smallest absolute Gasteiger partial charge is 0.231 e. The lowest BCUT2D eigenvalue weighted by molar-refractivity contribution is -0.140. The van der Waals surface area contributed by atoms with Crippen LogP contribution in [-0.4, -0.2) is 22.9 Å². The minimum absolute atomic E-state index is 0.128. The third-order valence-electron chi connectivity index (χ3n) is 2.68. The molecule has 1 saturated heterocycles. The average Bonchev–Trinajstić information content (AvgIpc) is 2.58. The van der Waals surface area contributed by atoms with Gasteiger partial charge in [-0.1, -0.05) is 17.7 Å². The highest BCUT2D eigenvalue weighted by Gasteiger charge is 2.32. The molecule has 5 heteroatoms. The molecule has 17 heavy (non-hydrogen) atoms. The van der Waals surface area contributed by atoms with Gasteiger partial charge in [0.2, 0.25) is 11.8 Å². The van der Waals surface area contributed by atoms with Crippen LogP contribution in [0, 0.1) is 0 Å². The van der Waals surface area contributed by atoms with Crippen molar-refractivity contribution in [2.24, 2.45) is 0 Å². The van der Waals surface area contributed by atoms with Gasteiger partial charge in [0, 0.05) is 23.6 Å². The maximum Gasteiger partial charge on any atom is 0.231 e. The zero-order chi connectivity index (χ0) is 12.4. The van der Waals surface area contributed by atoms with E-state index in [-0.39, 0.29) is 18.0 Å². The summed E-state index contributed by atoms with van der Waals surface area (Å²) in [6.45, 7) is 1.78. The minimum atomic E-state index is -0.351. The van der Waals surface area contributed by atoms with E-state index in [1.807, 2.05) is 12.1 Å². The van der Waals surface area contributed by atoms with Crippen LogP contribution in [0.1, 0.15) is 19.8 Å². The maximum absolute atomic E-state index is 11.5. The van der Waals surface area contributed by atoms with Crippen LogP contribution in [0.4, 0.5) is 5.69 Å². The van der Waals surface area contributed by atoms with Gasteiger partial charge in [0.1, 0.15) is 6.17 Å². The van der Waals surface area contributed by atoms with Crippen LogP contribution in [0.2, 0.25) is 5.02 Å². The number of benzene rings is 1. The summed E-state index contributed by atoms with van der Waals surface area (Å²) < 4.78 is 0. The summed E-state index contributed by atoms with van der Waals surface area (Å²) >= 11 is 5.86. The van der Waals surface area contributed by atoms with Crippen molar-refractivity contribution in [2.75, 3.05) is 5.32 Å². The number of carbonyl (C=O) groups is 2. The molecule has 1 aliphatic rings. The molecule has 2 rings (SSSR count). The summed E-state index contributed by atoms with van der Waals surface area (Å²) in [5.41, 5.74) is 0.789. The molecular weight excluding hydrogens is 240 g/mol. The SMILES string of the molecule is C[C@H](Nc1cccc(Cl)c1)N1C(=O)CCC1=O. The zero-order valence-corrected chi connectivity index (χ0v) is 10.2. The van der Waals surface area contributed by atoms with Gasteiger partial charge in [-0.2, -0.15) is 0 Å². The van der Waals surface area contributed by atoms with Crippen LogP contribution in [0.25, 0.3) is 0 Å². The number of hydrogen-bond donors (Lipinski definition) is 1. The fraction of sp³-hybridized carbons (Fsp3) is 0.333. The highest BCUT2D eigenvalue weighted by molar-refractivity contribution is 6.30. The van der Waals surface area contributed by atoms with Crippen molar-refractivity contribution in [3.05, 3.63) is 29.3 Å². The van der Waals surface area contributed by atoms with E-state index in [0.717, 1.165) is 5.69 Å². The van der Waals surface area contributed by atoms with Crippen LogP contribution >= 0.6 is 11.6 Å². The Morgan fingerprint density at radius 2 is 1.94 bits per heavy atom. The fourth-order valence-corrected chi connectivity index (χ4v) is 2.10. The van der Waals surface area contributed by atoms with Gasteiger partial charge < -0.3 is 5.32 Å². The molecule has 4 nitrogen and oxygen atoms in total. The average molecular weight is 253 g/mol. The van der Waals surface area contributed by atoms with Crippen molar-refractivity contribution in [2.45, 2.75) is 25.9 Å². The van der Waals surface area contributed by atoms with Crippen molar-refractivity contribution in [1.29, 1.82) is 0 Å². The number of carbonyl (C=O) groups excluding carboxylic acids is 2. The Bertz CT molecular complexity index is 446. The highest BCUT2D eigenvalue weighted by Crippen LogP contribution is 2.19. The molecule has 0 radical (unpaired) electrons. The van der Waals surface area contributed by atoms with E-state index < -0.39 is 0 Å². The van der Waals surface area contributed by atoms with Gasteiger partial charge in [0.05, 0.1) is 0 Å². The Balaban J connectivity index is 2.08. The molecule has 2 amide bonds. The Morgan fingerprint density at radius 3 is 2.53 bits per heavy atom. The number of hydrogen-bond acceptors (Lipinski definition) is 3. The second-order valence-electron chi connectivity index (χ2n) is 3.99. The molecule has 0 unspecified atom stereocenters. The number of halogens is 1. The molecule has 1 N–H and O–H groups in total. The van der Waals surface area contributed by atoms with Gasteiger partial charge >= 0.3 is 0 Å². The van der Waals surface area contributed by atoms with Gasteiger partial charge in [0.15, 0.2) is 0 Å². The van der Waals surface area contributed by atoms with E-state index in [1.165, 1.54) is 4.90 Å². The molecule has 0 saturated carbocycles. The molecule has 0 aliphatic carbocycles. The highest BCUT2D eigenvalue weighted by atomic mass is 35.5. The molecule has 1 fully saturated rings. The lowest BCUT2D eigenvalue weighted by Crippen LogP contribution is -2.42. The number of likely N-dealkylation sites (tertiary alicyclic amines) is 1. The molecule has 90 valence electrons. The summed E-state index contributed by atoms with van der Waals surface area (Å²) in [6, 6.07) is 7.17. The Morgan fingerprint density at radius 1 is 1.29 bits per heavy atom. The first-order chi connectivity index (χ1) is 8.08. The standard InChI is InChI=1S/C12H13ClN2O2/c1-8(15-11(16)5-6-12(15)17)14-10-4-2-3-9(13)7-10/h2-4,7-8,14H,5-6H2,1H3/t8-/m1/s1. The van der Waals surface area contributed by atoms with E-state index in [0.29, 0.717) is 17.9 Å². The number of amides is 2. The van der Waals surface area contributed by atoms with Crippen LogP contribution < -0.4 is 5.32 Å². The topological polar surface area (TPSA) is 49.4 Å². The van der Waals surface area contributed by atoms with Crippen LogP contribution in [0.5, 0.6) is 0 Å². The van der Waals surface area contributed by atoms with Crippen LogP contribution in [0.3, 0.4) is 0 Å².